The summed E-state index contributed by atoms with van der Waals surface area (Å²) < 4.78 is 0. The van der Waals surface area contributed by atoms with Crippen LogP contribution in [0, 0.1) is 0 Å². The standard InChI is InChI=1S/C20H20N2OS2/c1-21(15-6-3-2-4-7-15)19(23)14-22-11-9-17-16(10-13-25-17)20(22)18-8-5-12-24-18/h2-8,10,12-13,20H,9,11,14H2,1H3/p+1/t20-/m1/s1. The van der Waals surface area contributed by atoms with Crippen molar-refractivity contribution >= 4 is 34.3 Å². The maximum Gasteiger partial charge on any atom is 0.281 e. The highest BCUT2D eigenvalue weighted by molar-refractivity contribution is 7.10. The van der Waals surface area contributed by atoms with Crippen LogP contribution >= 0.6 is 22.7 Å². The molecular formula is C20H21N2OS2+. The van der Waals surface area contributed by atoms with Crippen LogP contribution in [0.3, 0.4) is 0 Å². The number of hydrogen-bond donors (Lipinski definition) is 1. The van der Waals surface area contributed by atoms with Crippen molar-refractivity contribution in [3.05, 3.63) is 74.6 Å². The molecule has 0 radical (unpaired) electrons. The van der Waals surface area contributed by atoms with Crippen LogP contribution in [0.15, 0.2) is 59.3 Å². The fraction of sp³-hybridized carbons (Fsp3) is 0.250. The first kappa shape index (κ1) is 16.5. The number of carbonyl (C=O) groups is 1. The molecule has 4 rings (SSSR count). The van der Waals surface area contributed by atoms with E-state index in [1.54, 1.807) is 16.2 Å². The molecule has 3 nitrogen and oxygen atoms in total. The molecule has 128 valence electrons. The van der Waals surface area contributed by atoms with Gasteiger partial charge in [-0.3, -0.25) is 4.79 Å². The molecule has 2 aromatic heterocycles. The molecule has 3 aromatic rings. The third kappa shape index (κ3) is 3.27. The van der Waals surface area contributed by atoms with Crippen molar-refractivity contribution < 1.29 is 9.69 Å². The van der Waals surface area contributed by atoms with Gasteiger partial charge in [0.2, 0.25) is 0 Å². The van der Waals surface area contributed by atoms with Gasteiger partial charge < -0.3 is 9.80 Å². The van der Waals surface area contributed by atoms with Gasteiger partial charge >= 0.3 is 0 Å². The molecular weight excluding hydrogens is 348 g/mol. The van der Waals surface area contributed by atoms with Crippen molar-refractivity contribution in [1.29, 1.82) is 0 Å². The minimum absolute atomic E-state index is 0.168. The molecule has 3 heterocycles. The molecule has 1 aliphatic rings. The minimum atomic E-state index is 0.168. The summed E-state index contributed by atoms with van der Waals surface area (Å²) in [5.74, 6) is 0.168. The average Bonchev–Trinajstić information content (AvgIpc) is 3.33. The average molecular weight is 370 g/mol. The second-order valence-corrected chi connectivity index (χ2v) is 8.35. The molecule has 0 saturated carbocycles. The Labute approximate surface area is 156 Å². The summed E-state index contributed by atoms with van der Waals surface area (Å²) in [6.45, 7) is 1.52. The van der Waals surface area contributed by atoms with Crippen molar-refractivity contribution in [2.75, 3.05) is 25.0 Å². The lowest BCUT2D eigenvalue weighted by Crippen LogP contribution is -3.14. The number of anilines is 1. The number of para-hydroxylation sites is 1. The number of nitrogens with zero attached hydrogens (tertiary/aromatic N) is 1. The van der Waals surface area contributed by atoms with Crippen molar-refractivity contribution in [3.8, 4) is 0 Å². The Bertz CT molecular complexity index is 842. The van der Waals surface area contributed by atoms with Crippen LogP contribution < -0.4 is 9.80 Å². The van der Waals surface area contributed by atoms with E-state index in [4.69, 9.17) is 0 Å². The smallest absolute Gasteiger partial charge is 0.281 e. The number of rotatable bonds is 4. The molecule has 1 amide bonds. The first-order valence-corrected chi connectivity index (χ1v) is 10.3. The predicted octanol–water partition coefficient (Wildman–Crippen LogP) is 3.00. The van der Waals surface area contributed by atoms with E-state index >= 15 is 0 Å². The van der Waals surface area contributed by atoms with Gasteiger partial charge in [-0.1, -0.05) is 24.3 Å². The predicted molar refractivity (Wildman–Crippen MR) is 105 cm³/mol. The van der Waals surface area contributed by atoms with Crippen molar-refractivity contribution in [3.63, 3.8) is 0 Å². The molecule has 0 spiro atoms. The second kappa shape index (κ2) is 7.12. The summed E-state index contributed by atoms with van der Waals surface area (Å²) in [6.07, 6.45) is 1.06. The highest BCUT2D eigenvalue weighted by Crippen LogP contribution is 2.31. The van der Waals surface area contributed by atoms with E-state index < -0.39 is 0 Å². The van der Waals surface area contributed by atoms with E-state index in [1.807, 2.05) is 48.7 Å². The Morgan fingerprint density at radius 3 is 2.72 bits per heavy atom. The number of fused-ring (bicyclic) bond motifs is 1. The normalized spacial score (nSPS) is 19.4. The maximum absolute atomic E-state index is 12.9. The van der Waals surface area contributed by atoms with Gasteiger partial charge in [0.15, 0.2) is 6.54 Å². The zero-order valence-electron chi connectivity index (χ0n) is 14.1. The van der Waals surface area contributed by atoms with Crippen LogP contribution in [0.25, 0.3) is 0 Å². The molecule has 1 unspecified atom stereocenters. The largest absolute Gasteiger partial charge is 0.316 e. The van der Waals surface area contributed by atoms with E-state index in [0.29, 0.717) is 6.54 Å². The second-order valence-electron chi connectivity index (χ2n) is 6.37. The monoisotopic (exact) mass is 369 g/mol. The third-order valence-electron chi connectivity index (χ3n) is 4.90. The molecule has 0 saturated heterocycles. The molecule has 2 atom stereocenters. The Morgan fingerprint density at radius 2 is 1.96 bits per heavy atom. The summed E-state index contributed by atoms with van der Waals surface area (Å²) in [6, 6.07) is 16.7. The highest BCUT2D eigenvalue weighted by atomic mass is 32.1. The van der Waals surface area contributed by atoms with Gasteiger partial charge in [0.25, 0.3) is 5.91 Å². The van der Waals surface area contributed by atoms with Crippen LogP contribution in [0.2, 0.25) is 0 Å². The lowest BCUT2D eigenvalue weighted by molar-refractivity contribution is -0.919. The summed E-state index contributed by atoms with van der Waals surface area (Å²) in [5.41, 5.74) is 2.36. The Kier molecular flexibility index (Phi) is 4.70. The lowest BCUT2D eigenvalue weighted by atomic mass is 9.98. The number of likely N-dealkylation sites (N-methyl/N-ethyl adjacent to an activating group) is 1. The fourth-order valence-corrected chi connectivity index (χ4v) is 5.38. The number of quaternary nitrogens is 1. The minimum Gasteiger partial charge on any atom is -0.316 e. The first-order valence-electron chi connectivity index (χ1n) is 8.50. The van der Waals surface area contributed by atoms with Gasteiger partial charge in [-0.15, -0.1) is 22.7 Å². The maximum atomic E-state index is 12.9. The van der Waals surface area contributed by atoms with E-state index in [9.17, 15) is 4.79 Å². The SMILES string of the molecule is CN(C(=O)C[NH+]1CCc2sccc2[C@@H]1c1cccs1)c1ccccc1. The van der Waals surface area contributed by atoms with Gasteiger partial charge in [-0.05, 0) is 35.0 Å². The zero-order valence-corrected chi connectivity index (χ0v) is 15.8. The molecule has 1 aromatic carbocycles. The molecule has 0 aliphatic carbocycles. The number of nitrogens with one attached hydrogen (secondary N) is 1. The lowest BCUT2D eigenvalue weighted by Gasteiger charge is -2.32. The van der Waals surface area contributed by atoms with Crippen LogP contribution in [-0.4, -0.2) is 26.0 Å². The molecule has 25 heavy (non-hydrogen) atoms. The number of amides is 1. The van der Waals surface area contributed by atoms with E-state index in [1.165, 1.54) is 20.2 Å². The molecule has 0 bridgehead atoms. The van der Waals surface area contributed by atoms with Crippen molar-refractivity contribution in [2.45, 2.75) is 12.5 Å². The topological polar surface area (TPSA) is 24.8 Å². The quantitative estimate of drug-likeness (QED) is 0.751. The third-order valence-corrected chi connectivity index (χ3v) is 6.83. The highest BCUT2D eigenvalue weighted by Gasteiger charge is 2.35. The fourth-order valence-electron chi connectivity index (χ4n) is 3.56. The van der Waals surface area contributed by atoms with Gasteiger partial charge in [-0.2, -0.15) is 0 Å². The zero-order chi connectivity index (χ0) is 17.2. The summed E-state index contributed by atoms with van der Waals surface area (Å²) in [5, 5.41) is 4.32. The van der Waals surface area contributed by atoms with Crippen molar-refractivity contribution in [2.24, 2.45) is 0 Å². The number of hydrogen-bond acceptors (Lipinski definition) is 3. The van der Waals surface area contributed by atoms with Gasteiger partial charge in [-0.25, -0.2) is 0 Å². The van der Waals surface area contributed by atoms with Crippen LogP contribution in [0.5, 0.6) is 0 Å². The molecule has 1 aliphatic heterocycles. The Hall–Kier alpha value is -1.95. The van der Waals surface area contributed by atoms with Gasteiger partial charge in [0.1, 0.15) is 6.04 Å². The van der Waals surface area contributed by atoms with Crippen LogP contribution in [0.4, 0.5) is 5.69 Å². The summed E-state index contributed by atoms with van der Waals surface area (Å²) >= 11 is 3.64. The van der Waals surface area contributed by atoms with E-state index in [-0.39, 0.29) is 11.9 Å². The number of benzene rings is 1. The summed E-state index contributed by atoms with van der Waals surface area (Å²) in [4.78, 5) is 18.8. The Morgan fingerprint density at radius 1 is 1.12 bits per heavy atom. The molecule has 5 heteroatoms. The van der Waals surface area contributed by atoms with Crippen LogP contribution in [-0.2, 0) is 11.2 Å². The molecule has 0 fully saturated rings. The Balaban J connectivity index is 1.58. The molecule has 1 N–H and O–H groups in total. The van der Waals surface area contributed by atoms with Crippen LogP contribution in [0.1, 0.15) is 21.4 Å². The van der Waals surface area contributed by atoms with E-state index in [2.05, 4.69) is 29.0 Å². The van der Waals surface area contributed by atoms with Crippen molar-refractivity contribution in [1.82, 2.24) is 0 Å². The van der Waals surface area contributed by atoms with E-state index in [0.717, 1.165) is 18.7 Å². The first-order chi connectivity index (χ1) is 12.2. The number of thiophene rings is 2. The van der Waals surface area contributed by atoms with Gasteiger partial charge in [0, 0.05) is 29.6 Å². The van der Waals surface area contributed by atoms with Gasteiger partial charge in [0.05, 0.1) is 11.4 Å². The summed E-state index contributed by atoms with van der Waals surface area (Å²) in [7, 11) is 1.87. The number of carbonyl (C=O) groups excluding carboxylic acids is 1.